The minimum Gasteiger partial charge on any atom is -0.486 e. The molecule has 1 amide bonds. The van der Waals surface area contributed by atoms with Crippen molar-refractivity contribution in [2.24, 2.45) is 0 Å². The van der Waals surface area contributed by atoms with Gasteiger partial charge in [0.1, 0.15) is 13.2 Å². The van der Waals surface area contributed by atoms with Crippen LogP contribution in [0.5, 0.6) is 11.5 Å². The van der Waals surface area contributed by atoms with Crippen molar-refractivity contribution in [2.75, 3.05) is 18.5 Å². The van der Waals surface area contributed by atoms with Crippen molar-refractivity contribution in [3.8, 4) is 11.5 Å². The van der Waals surface area contributed by atoms with E-state index >= 15 is 0 Å². The number of fused-ring (bicyclic) bond motifs is 1. The summed E-state index contributed by atoms with van der Waals surface area (Å²) in [6.45, 7) is 3.17. The van der Waals surface area contributed by atoms with E-state index in [-0.39, 0.29) is 12.2 Å². The summed E-state index contributed by atoms with van der Waals surface area (Å²) in [4.78, 5) is 12.4. The molecule has 0 saturated carbocycles. The summed E-state index contributed by atoms with van der Waals surface area (Å²) in [5.74, 6) is 0.849. The molecule has 8 heteroatoms. The number of aliphatic hydroxyl groups excluding tert-OH is 1. The highest BCUT2D eigenvalue weighted by molar-refractivity contribution is 6.02. The molecular weight excluding hydrogens is 360 g/mol. The second kappa shape index (κ2) is 7.69. The van der Waals surface area contributed by atoms with Crippen LogP contribution in [0.15, 0.2) is 48.7 Å². The molecule has 1 atom stereocenters. The van der Waals surface area contributed by atoms with Crippen LogP contribution >= 0.6 is 0 Å². The molecule has 2 aromatic carbocycles. The Labute approximate surface area is 161 Å². The minimum absolute atomic E-state index is 0.158. The summed E-state index contributed by atoms with van der Waals surface area (Å²) in [7, 11) is 0. The second-order valence-electron chi connectivity index (χ2n) is 6.56. The lowest BCUT2D eigenvalue weighted by Crippen LogP contribution is -2.16. The number of amides is 1. The van der Waals surface area contributed by atoms with Crippen molar-refractivity contribution in [1.82, 2.24) is 15.0 Å². The number of benzene rings is 2. The maximum atomic E-state index is 12.4. The first-order valence-corrected chi connectivity index (χ1v) is 8.94. The Bertz CT molecular complexity index is 984. The minimum atomic E-state index is -0.740. The Balaban J connectivity index is 1.40. The molecule has 4 rings (SSSR count). The number of nitrogens with one attached hydrogen (secondary N) is 1. The van der Waals surface area contributed by atoms with Crippen LogP contribution in [0.1, 0.15) is 27.7 Å². The average molecular weight is 380 g/mol. The number of nitrogens with zero attached hydrogens (tertiary/aromatic N) is 3. The highest BCUT2D eigenvalue weighted by atomic mass is 16.6. The number of hydrogen-bond acceptors (Lipinski definition) is 6. The van der Waals surface area contributed by atoms with Crippen LogP contribution in [0.4, 0.5) is 5.69 Å². The van der Waals surface area contributed by atoms with Crippen molar-refractivity contribution in [2.45, 2.75) is 19.6 Å². The van der Waals surface area contributed by atoms with Gasteiger partial charge in [-0.25, -0.2) is 4.68 Å². The summed E-state index contributed by atoms with van der Waals surface area (Å²) in [5.41, 5.74) is 2.63. The topological polar surface area (TPSA) is 98.5 Å². The number of aromatic nitrogens is 3. The Hall–Kier alpha value is -3.39. The highest BCUT2D eigenvalue weighted by Crippen LogP contribution is 2.32. The van der Waals surface area contributed by atoms with Crippen LogP contribution < -0.4 is 14.8 Å². The fourth-order valence-corrected chi connectivity index (χ4v) is 2.88. The molecule has 0 radical (unpaired) electrons. The Morgan fingerprint density at radius 1 is 1.18 bits per heavy atom. The lowest BCUT2D eigenvalue weighted by molar-refractivity contribution is 0.102. The van der Waals surface area contributed by atoms with E-state index in [1.807, 2.05) is 31.2 Å². The predicted octanol–water partition coefficient (Wildman–Crippen LogP) is 2.34. The number of anilines is 1. The summed E-state index contributed by atoms with van der Waals surface area (Å²) in [6.07, 6.45) is 0.765. The fourth-order valence-electron chi connectivity index (χ4n) is 2.88. The van der Waals surface area contributed by atoms with Gasteiger partial charge in [0.2, 0.25) is 0 Å². The normalized spacial score (nSPS) is 13.8. The molecule has 28 heavy (non-hydrogen) atoms. The molecule has 1 unspecified atom stereocenters. The van der Waals surface area contributed by atoms with Gasteiger partial charge in [0.25, 0.3) is 5.91 Å². The molecule has 0 saturated heterocycles. The number of carbonyl (C=O) groups is 1. The molecule has 1 aliphatic rings. The van der Waals surface area contributed by atoms with E-state index < -0.39 is 12.0 Å². The number of aryl methyl sites for hydroxylation is 1. The third-order valence-corrected chi connectivity index (χ3v) is 4.39. The molecule has 0 spiro atoms. The van der Waals surface area contributed by atoms with Gasteiger partial charge in [-0.15, -0.1) is 5.10 Å². The molecular formula is C20H20N4O4. The molecule has 0 bridgehead atoms. The lowest BCUT2D eigenvalue weighted by atomic mass is 10.1. The van der Waals surface area contributed by atoms with Crippen molar-refractivity contribution >= 4 is 11.6 Å². The van der Waals surface area contributed by atoms with Gasteiger partial charge in [0.15, 0.2) is 17.2 Å². The van der Waals surface area contributed by atoms with Crippen molar-refractivity contribution in [3.05, 3.63) is 65.5 Å². The molecule has 2 N–H and O–H groups in total. The van der Waals surface area contributed by atoms with E-state index in [2.05, 4.69) is 15.6 Å². The van der Waals surface area contributed by atoms with Crippen LogP contribution in [0.2, 0.25) is 0 Å². The standard InChI is InChI=1S/C20H20N4O4/c1-13-2-4-14(5-3-13)17(25)12-24-11-16(22-23-24)20(26)21-15-6-7-18-19(10-15)28-9-8-27-18/h2-7,10-11,17,25H,8-9,12H2,1H3,(H,21,26). The first-order chi connectivity index (χ1) is 13.6. The van der Waals surface area contributed by atoms with Crippen LogP contribution in [0, 0.1) is 6.92 Å². The van der Waals surface area contributed by atoms with Gasteiger partial charge in [0.05, 0.1) is 18.8 Å². The third kappa shape index (κ3) is 3.96. The number of aliphatic hydroxyl groups is 1. The van der Waals surface area contributed by atoms with Crippen molar-refractivity contribution in [3.63, 3.8) is 0 Å². The van der Waals surface area contributed by atoms with Crippen LogP contribution in [0.3, 0.4) is 0 Å². The zero-order chi connectivity index (χ0) is 19.5. The van der Waals surface area contributed by atoms with E-state index in [1.54, 1.807) is 18.2 Å². The molecule has 3 aromatic rings. The first-order valence-electron chi connectivity index (χ1n) is 8.94. The maximum Gasteiger partial charge on any atom is 0.277 e. The van der Waals surface area contributed by atoms with Gasteiger partial charge in [-0.05, 0) is 24.6 Å². The van der Waals surface area contributed by atoms with Crippen molar-refractivity contribution < 1.29 is 19.4 Å². The fraction of sp³-hybridized carbons (Fsp3) is 0.250. The largest absolute Gasteiger partial charge is 0.486 e. The first kappa shape index (κ1) is 18.0. The maximum absolute atomic E-state index is 12.4. The van der Waals surface area contributed by atoms with E-state index in [4.69, 9.17) is 9.47 Å². The Morgan fingerprint density at radius 2 is 1.93 bits per heavy atom. The Morgan fingerprint density at radius 3 is 2.71 bits per heavy atom. The van der Waals surface area contributed by atoms with Crippen LogP contribution in [-0.4, -0.2) is 39.2 Å². The highest BCUT2D eigenvalue weighted by Gasteiger charge is 2.16. The van der Waals surface area contributed by atoms with Crippen LogP contribution in [0.25, 0.3) is 0 Å². The molecule has 1 aromatic heterocycles. The molecule has 0 aliphatic carbocycles. The van der Waals surface area contributed by atoms with Crippen molar-refractivity contribution in [1.29, 1.82) is 0 Å². The van der Waals surface area contributed by atoms with E-state index in [1.165, 1.54) is 10.9 Å². The number of carbonyl (C=O) groups excluding carboxylic acids is 1. The van der Waals surface area contributed by atoms with Gasteiger partial charge in [-0.1, -0.05) is 35.0 Å². The van der Waals surface area contributed by atoms with Crippen LogP contribution in [-0.2, 0) is 6.54 Å². The summed E-state index contributed by atoms with van der Waals surface area (Å²) >= 11 is 0. The Kier molecular flexibility index (Phi) is 4.94. The summed E-state index contributed by atoms with van der Waals surface area (Å²) < 4.78 is 12.4. The molecule has 1 aliphatic heterocycles. The zero-order valence-corrected chi connectivity index (χ0v) is 15.3. The number of rotatable bonds is 5. The third-order valence-electron chi connectivity index (χ3n) is 4.39. The SMILES string of the molecule is Cc1ccc(C(O)Cn2cc(C(=O)Nc3ccc4c(c3)OCCO4)nn2)cc1. The number of ether oxygens (including phenoxy) is 2. The molecule has 144 valence electrons. The van der Waals surface area contributed by atoms with Gasteiger partial charge in [-0.3, -0.25) is 4.79 Å². The van der Waals surface area contributed by atoms with E-state index in [0.29, 0.717) is 30.4 Å². The zero-order valence-electron chi connectivity index (χ0n) is 15.3. The average Bonchev–Trinajstić information content (AvgIpc) is 3.17. The smallest absolute Gasteiger partial charge is 0.277 e. The second-order valence-corrected chi connectivity index (χ2v) is 6.56. The molecule has 2 heterocycles. The summed E-state index contributed by atoms with van der Waals surface area (Å²) in [6, 6.07) is 12.8. The van der Waals surface area contributed by atoms with E-state index in [0.717, 1.165) is 11.1 Å². The van der Waals surface area contributed by atoms with Gasteiger partial charge >= 0.3 is 0 Å². The van der Waals surface area contributed by atoms with Gasteiger partial charge in [0, 0.05) is 11.8 Å². The van der Waals surface area contributed by atoms with E-state index in [9.17, 15) is 9.90 Å². The monoisotopic (exact) mass is 380 g/mol. The number of hydrogen-bond donors (Lipinski definition) is 2. The summed E-state index contributed by atoms with van der Waals surface area (Å²) in [5, 5.41) is 20.9. The lowest BCUT2D eigenvalue weighted by Gasteiger charge is -2.18. The van der Waals surface area contributed by atoms with Gasteiger partial charge < -0.3 is 19.9 Å². The predicted molar refractivity (Wildman–Crippen MR) is 102 cm³/mol. The molecule has 0 fully saturated rings. The molecule has 8 nitrogen and oxygen atoms in total. The quantitative estimate of drug-likeness (QED) is 0.705. The van der Waals surface area contributed by atoms with Gasteiger partial charge in [-0.2, -0.15) is 0 Å².